The first-order valence-corrected chi connectivity index (χ1v) is 8.07. The predicted octanol–water partition coefficient (Wildman–Crippen LogP) is 4.59. The monoisotopic (exact) mass is 344 g/mol. The highest BCUT2D eigenvalue weighted by Gasteiger charge is 2.07. The summed E-state index contributed by atoms with van der Waals surface area (Å²) in [4.78, 5) is 16.3. The van der Waals surface area contributed by atoms with Gasteiger partial charge in [0.15, 0.2) is 0 Å². The smallest absolute Gasteiger partial charge is 0.262 e. The number of furan rings is 1. The lowest BCUT2D eigenvalue weighted by Crippen LogP contribution is -2.16. The lowest BCUT2D eigenvalue weighted by molar-refractivity contribution is 0.0967. The highest BCUT2D eigenvalue weighted by molar-refractivity contribution is 7.14. The van der Waals surface area contributed by atoms with Gasteiger partial charge in [0.2, 0.25) is 0 Å². The van der Waals surface area contributed by atoms with Crippen molar-refractivity contribution in [2.24, 2.45) is 0 Å². The van der Waals surface area contributed by atoms with Crippen LogP contribution in [-0.4, -0.2) is 17.9 Å². The number of hydrogen-bond donors (Lipinski definition) is 1. The number of nitrogens with one attached hydrogen (secondary N) is 1. The molecule has 0 radical (unpaired) electrons. The fraction of sp³-hybridized carbons (Fsp3) is 0.0588. The van der Waals surface area contributed by atoms with Crippen LogP contribution < -0.4 is 5.32 Å². The highest BCUT2D eigenvalue weighted by Crippen LogP contribution is 2.25. The number of nitrogens with zero attached hydrogens (tertiary/aromatic N) is 1. The van der Waals surface area contributed by atoms with Crippen LogP contribution in [0.4, 0.5) is 0 Å². The normalized spacial score (nSPS) is 11.0. The van der Waals surface area contributed by atoms with Gasteiger partial charge in [-0.25, -0.2) is 4.98 Å². The van der Waals surface area contributed by atoms with Crippen LogP contribution in [0.15, 0.2) is 47.0 Å². The van der Waals surface area contributed by atoms with Gasteiger partial charge in [0.25, 0.3) is 5.91 Å². The van der Waals surface area contributed by atoms with E-state index in [0.717, 1.165) is 16.3 Å². The minimum atomic E-state index is -0.134. The Labute approximate surface area is 142 Å². The van der Waals surface area contributed by atoms with E-state index in [-0.39, 0.29) is 5.91 Å². The average Bonchev–Trinajstić information content (AvgIpc) is 3.22. The quantitative estimate of drug-likeness (QED) is 0.753. The molecule has 0 saturated heterocycles. The molecule has 0 aliphatic rings. The zero-order valence-electron chi connectivity index (χ0n) is 12.2. The van der Waals surface area contributed by atoms with E-state index in [0.29, 0.717) is 15.7 Å². The van der Waals surface area contributed by atoms with Gasteiger partial charge >= 0.3 is 0 Å². The minimum Gasteiger partial charge on any atom is -0.457 e. The molecule has 116 valence electrons. The maximum atomic E-state index is 11.5. The first-order chi connectivity index (χ1) is 11.2. The lowest BCUT2D eigenvalue weighted by Gasteiger charge is -1.96. The molecule has 0 saturated carbocycles. The second-order valence-corrected chi connectivity index (χ2v) is 6.18. The van der Waals surface area contributed by atoms with Crippen molar-refractivity contribution < 1.29 is 9.21 Å². The zero-order chi connectivity index (χ0) is 16.2. The van der Waals surface area contributed by atoms with Gasteiger partial charge in [-0.05, 0) is 48.6 Å². The van der Waals surface area contributed by atoms with Gasteiger partial charge in [-0.2, -0.15) is 0 Å². The summed E-state index contributed by atoms with van der Waals surface area (Å²) in [7, 11) is 1.60. The van der Waals surface area contributed by atoms with Gasteiger partial charge in [-0.15, -0.1) is 11.3 Å². The predicted molar refractivity (Wildman–Crippen MR) is 93.6 cm³/mol. The van der Waals surface area contributed by atoms with Gasteiger partial charge in [0, 0.05) is 17.6 Å². The van der Waals surface area contributed by atoms with E-state index in [9.17, 15) is 4.79 Å². The molecule has 0 fully saturated rings. The fourth-order valence-corrected chi connectivity index (χ4v) is 2.85. The Kier molecular flexibility index (Phi) is 4.60. The van der Waals surface area contributed by atoms with Crippen molar-refractivity contribution in [3.63, 3.8) is 0 Å². The first kappa shape index (κ1) is 15.5. The number of thiazole rings is 1. The van der Waals surface area contributed by atoms with Crippen LogP contribution in [0, 0.1) is 0 Å². The third-order valence-electron chi connectivity index (χ3n) is 3.12. The zero-order valence-corrected chi connectivity index (χ0v) is 13.8. The maximum Gasteiger partial charge on any atom is 0.262 e. The molecule has 2 aromatic heterocycles. The fourth-order valence-electron chi connectivity index (χ4n) is 1.96. The van der Waals surface area contributed by atoms with Crippen molar-refractivity contribution in [3.8, 4) is 11.3 Å². The maximum absolute atomic E-state index is 11.5. The second kappa shape index (κ2) is 6.81. The van der Waals surface area contributed by atoms with Gasteiger partial charge in [-0.1, -0.05) is 11.6 Å². The molecule has 3 aromatic rings. The van der Waals surface area contributed by atoms with Crippen LogP contribution in [0.1, 0.15) is 20.4 Å². The van der Waals surface area contributed by atoms with E-state index in [2.05, 4.69) is 10.3 Å². The number of aromatic nitrogens is 1. The molecule has 3 rings (SSSR count). The van der Waals surface area contributed by atoms with Gasteiger partial charge in [-0.3, -0.25) is 4.79 Å². The Morgan fingerprint density at radius 3 is 2.74 bits per heavy atom. The summed E-state index contributed by atoms with van der Waals surface area (Å²) < 4.78 is 5.77. The first-order valence-electron chi connectivity index (χ1n) is 6.87. The number of amides is 1. The van der Waals surface area contributed by atoms with Gasteiger partial charge in [0.05, 0.1) is 6.20 Å². The number of rotatable bonds is 4. The van der Waals surface area contributed by atoms with E-state index in [1.54, 1.807) is 13.2 Å². The van der Waals surface area contributed by atoms with Crippen LogP contribution in [0.25, 0.3) is 23.5 Å². The van der Waals surface area contributed by atoms with Crippen molar-refractivity contribution in [1.29, 1.82) is 0 Å². The molecular weight excluding hydrogens is 332 g/mol. The Bertz CT molecular complexity index is 850. The highest BCUT2D eigenvalue weighted by atomic mass is 35.5. The summed E-state index contributed by atoms with van der Waals surface area (Å²) in [5.41, 5.74) is 0.963. The number of carbonyl (C=O) groups excluding carboxylic acids is 1. The van der Waals surface area contributed by atoms with Crippen molar-refractivity contribution in [2.45, 2.75) is 0 Å². The molecule has 23 heavy (non-hydrogen) atoms. The second-order valence-electron chi connectivity index (χ2n) is 4.68. The van der Waals surface area contributed by atoms with Crippen molar-refractivity contribution in [2.75, 3.05) is 7.05 Å². The van der Waals surface area contributed by atoms with E-state index in [4.69, 9.17) is 16.0 Å². The Morgan fingerprint density at radius 2 is 2.00 bits per heavy atom. The van der Waals surface area contributed by atoms with Crippen molar-refractivity contribution in [1.82, 2.24) is 10.3 Å². The Hall–Kier alpha value is -2.37. The number of benzene rings is 1. The van der Waals surface area contributed by atoms with Crippen LogP contribution in [0.2, 0.25) is 5.02 Å². The molecule has 1 N–H and O–H groups in total. The van der Waals surface area contributed by atoms with E-state index in [1.807, 2.05) is 48.6 Å². The summed E-state index contributed by atoms with van der Waals surface area (Å²) >= 11 is 7.20. The SMILES string of the molecule is CNC(=O)c1cnc(C=Cc2ccc(-c3ccc(Cl)cc3)o2)s1. The molecule has 2 heterocycles. The summed E-state index contributed by atoms with van der Waals surface area (Å²) in [5.74, 6) is 1.35. The molecule has 0 aliphatic heterocycles. The van der Waals surface area contributed by atoms with Gasteiger partial charge in [0.1, 0.15) is 21.4 Å². The van der Waals surface area contributed by atoms with Gasteiger partial charge < -0.3 is 9.73 Å². The lowest BCUT2D eigenvalue weighted by atomic mass is 10.2. The molecule has 0 spiro atoms. The number of hydrogen-bond acceptors (Lipinski definition) is 4. The third-order valence-corrected chi connectivity index (χ3v) is 4.33. The van der Waals surface area contributed by atoms with E-state index < -0.39 is 0 Å². The van der Waals surface area contributed by atoms with Crippen LogP contribution in [0.5, 0.6) is 0 Å². The average molecular weight is 345 g/mol. The van der Waals surface area contributed by atoms with Crippen molar-refractivity contribution in [3.05, 3.63) is 63.3 Å². The van der Waals surface area contributed by atoms with Crippen LogP contribution in [0.3, 0.4) is 0 Å². The Morgan fingerprint density at radius 1 is 1.22 bits per heavy atom. The summed E-state index contributed by atoms with van der Waals surface area (Å²) in [6.07, 6.45) is 5.21. The summed E-state index contributed by atoms with van der Waals surface area (Å²) in [6, 6.07) is 11.3. The minimum absolute atomic E-state index is 0.134. The number of halogens is 1. The molecular formula is C17H13ClN2O2S. The molecule has 1 amide bonds. The van der Waals surface area contributed by atoms with Crippen LogP contribution >= 0.6 is 22.9 Å². The molecule has 0 atom stereocenters. The molecule has 0 aliphatic carbocycles. The van der Waals surface area contributed by atoms with Crippen LogP contribution in [-0.2, 0) is 0 Å². The van der Waals surface area contributed by atoms with E-state index in [1.165, 1.54) is 11.3 Å². The molecule has 0 bridgehead atoms. The molecule has 4 nitrogen and oxygen atoms in total. The summed E-state index contributed by atoms with van der Waals surface area (Å²) in [6.45, 7) is 0. The summed E-state index contributed by atoms with van der Waals surface area (Å²) in [5, 5.41) is 4.01. The molecule has 1 aromatic carbocycles. The Balaban J connectivity index is 1.74. The van der Waals surface area contributed by atoms with E-state index >= 15 is 0 Å². The standard InChI is InChI=1S/C17H13ClN2O2S/c1-19-17(21)15-10-20-16(23-15)9-7-13-6-8-14(22-13)11-2-4-12(18)5-3-11/h2-10H,1H3,(H,19,21). The topological polar surface area (TPSA) is 55.1 Å². The largest absolute Gasteiger partial charge is 0.457 e. The number of carbonyl (C=O) groups is 1. The third kappa shape index (κ3) is 3.70. The van der Waals surface area contributed by atoms with Crippen molar-refractivity contribution >= 4 is 41.0 Å². The molecule has 6 heteroatoms. The molecule has 0 unspecified atom stereocenters.